The summed E-state index contributed by atoms with van der Waals surface area (Å²) in [6, 6.07) is 24.1. The molecule has 0 spiro atoms. The van der Waals surface area contributed by atoms with Gasteiger partial charge in [0.25, 0.3) is 0 Å². The Kier molecular flexibility index (Phi) is 8.26. The van der Waals surface area contributed by atoms with Crippen LogP contribution < -0.4 is 51.4 Å². The largest absolute Gasteiger partial charge is 1.00 e. The Morgan fingerprint density at radius 3 is 0.677 bits per heavy atom. The second-order valence-corrected chi connectivity index (χ2v) is 7.07. The zero-order valence-corrected chi connectivity index (χ0v) is 18.8. The summed E-state index contributed by atoms with van der Waals surface area (Å²) >= 11 is 0. The standard InChI is InChI=1S/C24H16BF4.Na.H2O/c26-21-9-1-17(2-10-21)25(18-3-11-22(27)12-4-18,19-5-13-23(28)14-6-19)20-7-15-24(29)16-8-20;;/h1-16H;;1H2/q-1;+1;. The third kappa shape index (κ3) is 4.78. The van der Waals surface area contributed by atoms with E-state index in [1.165, 1.54) is 48.5 Å². The number of hydrogen-bond acceptors (Lipinski definition) is 0. The van der Waals surface area contributed by atoms with Gasteiger partial charge < -0.3 is 5.48 Å². The molecule has 2 N–H and O–H groups in total. The van der Waals surface area contributed by atoms with Crippen molar-refractivity contribution in [3.63, 3.8) is 0 Å². The molecule has 0 aliphatic heterocycles. The fraction of sp³-hybridized carbons (Fsp3) is 0. The quantitative estimate of drug-likeness (QED) is 0.316. The van der Waals surface area contributed by atoms with Crippen LogP contribution >= 0.6 is 0 Å². The molecule has 1 nitrogen and oxygen atoms in total. The molecule has 0 aromatic heterocycles. The number of halogens is 4. The van der Waals surface area contributed by atoms with Crippen molar-refractivity contribution in [2.45, 2.75) is 0 Å². The van der Waals surface area contributed by atoms with E-state index in [-0.39, 0.29) is 35.0 Å². The van der Waals surface area contributed by atoms with Crippen molar-refractivity contribution >= 4 is 28.0 Å². The summed E-state index contributed by atoms with van der Waals surface area (Å²) < 4.78 is 54.8. The van der Waals surface area contributed by atoms with Crippen LogP contribution in [0.25, 0.3) is 0 Å². The van der Waals surface area contributed by atoms with Crippen molar-refractivity contribution in [2.75, 3.05) is 0 Å². The van der Waals surface area contributed by atoms with Gasteiger partial charge in [0.2, 0.25) is 0 Å². The first kappa shape index (κ1) is 24.9. The second-order valence-electron chi connectivity index (χ2n) is 7.07. The molecule has 0 fully saturated rings. The molecule has 4 rings (SSSR count). The molecular weight excluding hydrogens is 414 g/mol. The van der Waals surface area contributed by atoms with Crippen molar-refractivity contribution in [2.24, 2.45) is 0 Å². The van der Waals surface area contributed by atoms with Crippen LogP contribution in [0.15, 0.2) is 97.1 Å². The van der Waals surface area contributed by atoms with Crippen molar-refractivity contribution < 1.29 is 52.6 Å². The van der Waals surface area contributed by atoms with Gasteiger partial charge in [-0.2, -0.15) is 21.9 Å². The number of benzene rings is 4. The average Bonchev–Trinajstić information content (AvgIpc) is 2.73. The molecule has 0 saturated carbocycles. The van der Waals surface area contributed by atoms with Gasteiger partial charge in [-0.05, 0) is 48.5 Å². The molecule has 0 amide bonds. The summed E-state index contributed by atoms with van der Waals surface area (Å²) in [6.07, 6.45) is -1.94. The van der Waals surface area contributed by atoms with Gasteiger partial charge in [-0.3, -0.25) is 0 Å². The van der Waals surface area contributed by atoms with E-state index in [4.69, 9.17) is 0 Å². The van der Waals surface area contributed by atoms with Gasteiger partial charge in [0.05, 0.1) is 0 Å². The van der Waals surface area contributed by atoms with Crippen LogP contribution in [0.5, 0.6) is 0 Å². The minimum Gasteiger partial charge on any atom is -0.412 e. The topological polar surface area (TPSA) is 31.5 Å². The molecule has 4 aromatic rings. The third-order valence-corrected chi connectivity index (χ3v) is 5.48. The molecule has 31 heavy (non-hydrogen) atoms. The van der Waals surface area contributed by atoms with Crippen molar-refractivity contribution in [3.05, 3.63) is 120 Å². The maximum atomic E-state index is 13.7. The molecule has 152 valence electrons. The van der Waals surface area contributed by atoms with E-state index in [9.17, 15) is 17.6 Å². The van der Waals surface area contributed by atoms with Gasteiger partial charge in [-0.1, -0.05) is 48.5 Å². The van der Waals surface area contributed by atoms with Gasteiger partial charge in [-0.15, -0.1) is 0 Å². The Hall–Kier alpha value is -2.38. The van der Waals surface area contributed by atoms with Gasteiger partial charge in [0.1, 0.15) is 29.4 Å². The normalized spacial score (nSPS) is 10.7. The Morgan fingerprint density at radius 2 is 0.516 bits per heavy atom. The van der Waals surface area contributed by atoms with Crippen LogP contribution in [-0.4, -0.2) is 11.6 Å². The fourth-order valence-corrected chi connectivity index (χ4v) is 4.16. The van der Waals surface area contributed by atoms with Gasteiger partial charge in [0, 0.05) is 0 Å². The Labute approximate surface area is 200 Å². The summed E-state index contributed by atoms with van der Waals surface area (Å²) in [4.78, 5) is 0. The van der Waals surface area contributed by atoms with E-state index >= 15 is 0 Å². The molecule has 4 aromatic carbocycles. The molecule has 7 heteroatoms. The maximum absolute atomic E-state index is 13.7. The summed E-state index contributed by atoms with van der Waals surface area (Å²) in [5, 5.41) is 0. The monoisotopic (exact) mass is 432 g/mol. The van der Waals surface area contributed by atoms with Gasteiger partial charge in [-0.25, -0.2) is 17.6 Å². The molecule has 0 heterocycles. The summed E-state index contributed by atoms with van der Waals surface area (Å²) in [6.45, 7) is 0. The molecular formula is C24H18BF4NaO. The smallest absolute Gasteiger partial charge is 0.412 e. The molecule has 0 radical (unpaired) electrons. The molecule has 0 unspecified atom stereocenters. The molecule has 0 aliphatic carbocycles. The first-order valence-electron chi connectivity index (χ1n) is 9.20. The summed E-state index contributed by atoms with van der Waals surface area (Å²) in [5.74, 6) is -1.57. The van der Waals surface area contributed by atoms with Gasteiger partial charge >= 0.3 is 29.6 Å². The maximum Gasteiger partial charge on any atom is 1.00 e. The Bertz CT molecular complexity index is 929. The van der Waals surface area contributed by atoms with E-state index < -0.39 is 29.4 Å². The zero-order chi connectivity index (χ0) is 20.4. The van der Waals surface area contributed by atoms with E-state index in [1.807, 2.05) is 0 Å². The van der Waals surface area contributed by atoms with E-state index in [0.717, 1.165) is 21.9 Å². The van der Waals surface area contributed by atoms with Crippen molar-refractivity contribution in [1.82, 2.24) is 0 Å². The Morgan fingerprint density at radius 1 is 0.355 bits per heavy atom. The minimum absolute atomic E-state index is 0. The predicted octanol–water partition coefficient (Wildman–Crippen LogP) is -0.200. The van der Waals surface area contributed by atoms with E-state index in [2.05, 4.69) is 0 Å². The first-order chi connectivity index (χ1) is 14.0. The fourth-order valence-electron chi connectivity index (χ4n) is 4.16. The molecule has 0 saturated heterocycles. The molecule has 0 aliphatic rings. The predicted molar refractivity (Wildman–Crippen MR) is 114 cm³/mol. The van der Waals surface area contributed by atoms with E-state index in [0.29, 0.717) is 0 Å². The van der Waals surface area contributed by atoms with Crippen LogP contribution in [0.1, 0.15) is 0 Å². The molecule has 0 atom stereocenters. The van der Waals surface area contributed by atoms with E-state index in [1.54, 1.807) is 48.5 Å². The van der Waals surface area contributed by atoms with Crippen molar-refractivity contribution in [3.8, 4) is 0 Å². The van der Waals surface area contributed by atoms with Crippen LogP contribution in [0.3, 0.4) is 0 Å². The van der Waals surface area contributed by atoms with Crippen LogP contribution in [0.4, 0.5) is 17.6 Å². The zero-order valence-electron chi connectivity index (χ0n) is 16.8. The summed E-state index contributed by atoms with van der Waals surface area (Å²) in [5.41, 5.74) is 2.99. The van der Waals surface area contributed by atoms with Gasteiger partial charge in [0.15, 0.2) is 0 Å². The third-order valence-electron chi connectivity index (χ3n) is 5.48. The SMILES string of the molecule is Fc1ccc([B-](c2ccc(F)cc2)(c2ccc(F)cc2)c2ccc(F)cc2)cc1.O.[Na+]. The first-order valence-corrected chi connectivity index (χ1v) is 9.20. The van der Waals surface area contributed by atoms with Crippen LogP contribution in [0.2, 0.25) is 0 Å². The van der Waals surface area contributed by atoms with Crippen molar-refractivity contribution in [1.29, 1.82) is 0 Å². The Balaban J connectivity index is 0.00000171. The molecule has 0 bridgehead atoms. The average molecular weight is 432 g/mol. The van der Waals surface area contributed by atoms with Crippen LogP contribution in [-0.2, 0) is 0 Å². The number of hydrogen-bond donors (Lipinski definition) is 0. The number of rotatable bonds is 4. The van der Waals surface area contributed by atoms with Crippen LogP contribution in [0, 0.1) is 23.3 Å². The second kappa shape index (κ2) is 10.3. The summed E-state index contributed by atoms with van der Waals surface area (Å²) in [7, 11) is 0. The minimum atomic E-state index is -1.94.